The SMILES string of the molecule is CCCC(N)N1C(=O)CC(=O)N(C2CCC3(CC2)CC2(C3)NC(=O)N(C)C2=O)C1=O. The summed E-state index contributed by atoms with van der Waals surface area (Å²) in [6.07, 6.45) is 4.12. The van der Waals surface area contributed by atoms with Gasteiger partial charge in [0.05, 0.1) is 6.17 Å². The van der Waals surface area contributed by atoms with Crippen LogP contribution in [0.4, 0.5) is 9.59 Å². The van der Waals surface area contributed by atoms with Crippen molar-refractivity contribution in [1.82, 2.24) is 20.0 Å². The maximum absolute atomic E-state index is 13.0. The van der Waals surface area contributed by atoms with E-state index in [2.05, 4.69) is 5.32 Å². The lowest BCUT2D eigenvalue weighted by Gasteiger charge is -2.56. The summed E-state index contributed by atoms with van der Waals surface area (Å²) in [6, 6.07) is -1.24. The van der Waals surface area contributed by atoms with Gasteiger partial charge in [-0.3, -0.25) is 24.2 Å². The summed E-state index contributed by atoms with van der Waals surface area (Å²) in [4.78, 5) is 65.4. The zero-order chi connectivity index (χ0) is 21.8. The number of urea groups is 2. The van der Waals surface area contributed by atoms with E-state index in [0.29, 0.717) is 32.1 Å². The molecule has 4 rings (SSSR count). The van der Waals surface area contributed by atoms with Crippen molar-refractivity contribution in [2.75, 3.05) is 7.05 Å². The summed E-state index contributed by atoms with van der Waals surface area (Å²) in [7, 11) is 1.48. The zero-order valence-corrected chi connectivity index (χ0v) is 17.5. The molecule has 1 unspecified atom stereocenters. The Labute approximate surface area is 175 Å². The van der Waals surface area contributed by atoms with Crippen LogP contribution >= 0.6 is 0 Å². The van der Waals surface area contributed by atoms with Crippen molar-refractivity contribution in [3.05, 3.63) is 0 Å². The molecular formula is C20H29N5O5. The average molecular weight is 419 g/mol. The fraction of sp³-hybridized carbons (Fsp3) is 0.750. The Morgan fingerprint density at radius 2 is 1.73 bits per heavy atom. The average Bonchev–Trinajstić information content (AvgIpc) is 2.87. The maximum Gasteiger partial charge on any atom is 0.335 e. The molecule has 2 heterocycles. The molecule has 0 aromatic carbocycles. The molecule has 4 aliphatic rings. The van der Waals surface area contributed by atoms with Crippen LogP contribution in [0.25, 0.3) is 0 Å². The third-order valence-electron chi connectivity index (χ3n) is 7.27. The van der Waals surface area contributed by atoms with Crippen molar-refractivity contribution in [1.29, 1.82) is 0 Å². The monoisotopic (exact) mass is 419 g/mol. The summed E-state index contributed by atoms with van der Waals surface area (Å²) in [5.41, 5.74) is 5.19. The minimum atomic E-state index is -0.786. The van der Waals surface area contributed by atoms with Crippen molar-refractivity contribution in [2.24, 2.45) is 11.1 Å². The Balaban J connectivity index is 1.41. The fourth-order valence-electron chi connectivity index (χ4n) is 5.79. The Hall–Kier alpha value is -2.49. The summed E-state index contributed by atoms with van der Waals surface area (Å²) in [5.74, 6) is -1.17. The Morgan fingerprint density at radius 3 is 2.27 bits per heavy atom. The first-order valence-electron chi connectivity index (χ1n) is 10.7. The second kappa shape index (κ2) is 7.04. The van der Waals surface area contributed by atoms with Crippen LogP contribution in [0, 0.1) is 5.41 Å². The highest BCUT2D eigenvalue weighted by Gasteiger charge is 2.64. The summed E-state index contributed by atoms with van der Waals surface area (Å²) in [5, 5.41) is 2.82. The van der Waals surface area contributed by atoms with Gasteiger partial charge < -0.3 is 11.1 Å². The fourth-order valence-corrected chi connectivity index (χ4v) is 5.79. The summed E-state index contributed by atoms with van der Waals surface area (Å²) in [6.45, 7) is 1.92. The van der Waals surface area contributed by atoms with Crippen LogP contribution in [0.5, 0.6) is 0 Å². The van der Waals surface area contributed by atoms with Crippen molar-refractivity contribution < 1.29 is 24.0 Å². The molecule has 0 aromatic heterocycles. The minimum Gasteiger partial charge on any atom is -0.323 e. The number of amides is 7. The first kappa shape index (κ1) is 20.8. The van der Waals surface area contributed by atoms with Gasteiger partial charge in [0.25, 0.3) is 5.91 Å². The molecule has 0 radical (unpaired) electrons. The van der Waals surface area contributed by atoms with E-state index in [0.717, 1.165) is 29.1 Å². The number of carbonyl (C=O) groups excluding carboxylic acids is 5. The molecule has 10 nitrogen and oxygen atoms in total. The number of nitrogens with two attached hydrogens (primary N) is 1. The number of hydrogen-bond acceptors (Lipinski definition) is 6. The molecule has 7 amide bonds. The second-order valence-electron chi connectivity index (χ2n) is 9.30. The van der Waals surface area contributed by atoms with Crippen LogP contribution in [0.3, 0.4) is 0 Å². The molecule has 2 saturated heterocycles. The van der Waals surface area contributed by atoms with E-state index in [1.54, 1.807) is 0 Å². The molecular weight excluding hydrogens is 390 g/mol. The van der Waals surface area contributed by atoms with Crippen molar-refractivity contribution >= 4 is 29.8 Å². The third kappa shape index (κ3) is 3.00. The molecule has 2 spiro atoms. The minimum absolute atomic E-state index is 0.0549. The van der Waals surface area contributed by atoms with Gasteiger partial charge in [-0.1, -0.05) is 13.3 Å². The number of rotatable bonds is 4. The molecule has 3 N–H and O–H groups in total. The Bertz CT molecular complexity index is 810. The number of nitrogens with one attached hydrogen (secondary N) is 1. The molecule has 2 saturated carbocycles. The predicted octanol–water partition coefficient (Wildman–Crippen LogP) is 0.895. The third-order valence-corrected chi connectivity index (χ3v) is 7.27. The standard InChI is InChI=1S/C20H29N5O5/c1-3-4-13(21)25-15(27)9-14(26)24(18(25)30)12-5-7-19(8-6-12)10-20(11-19)16(28)23(2)17(29)22-20/h12-13H,3-11,21H2,1-2H3,(H,22,29). The number of barbiturate groups is 1. The van der Waals surface area contributed by atoms with Crippen molar-refractivity contribution in [3.8, 4) is 0 Å². The highest BCUT2D eigenvalue weighted by molar-refractivity contribution is 6.14. The van der Waals surface area contributed by atoms with Gasteiger partial charge in [-0.25, -0.2) is 14.5 Å². The van der Waals surface area contributed by atoms with Crippen LogP contribution in [0.15, 0.2) is 0 Å². The first-order valence-corrected chi connectivity index (χ1v) is 10.7. The van der Waals surface area contributed by atoms with Gasteiger partial charge in [0.1, 0.15) is 12.0 Å². The lowest BCUT2D eigenvalue weighted by molar-refractivity contribution is -0.147. The topological polar surface area (TPSA) is 133 Å². The summed E-state index contributed by atoms with van der Waals surface area (Å²) < 4.78 is 0. The first-order chi connectivity index (χ1) is 14.1. The van der Waals surface area contributed by atoms with E-state index >= 15 is 0 Å². The van der Waals surface area contributed by atoms with Crippen LogP contribution in [0.1, 0.15) is 64.7 Å². The molecule has 4 fully saturated rings. The summed E-state index contributed by atoms with van der Waals surface area (Å²) >= 11 is 0. The van der Waals surface area contributed by atoms with E-state index in [-0.39, 0.29) is 29.8 Å². The Kier molecular flexibility index (Phi) is 4.87. The molecule has 30 heavy (non-hydrogen) atoms. The van der Waals surface area contributed by atoms with Gasteiger partial charge in [0, 0.05) is 13.1 Å². The molecule has 10 heteroatoms. The van der Waals surface area contributed by atoms with Gasteiger partial charge in [-0.15, -0.1) is 0 Å². The molecule has 2 aliphatic carbocycles. The number of hydrogen-bond donors (Lipinski definition) is 2. The van der Waals surface area contributed by atoms with Crippen molar-refractivity contribution in [3.63, 3.8) is 0 Å². The van der Waals surface area contributed by atoms with Gasteiger partial charge >= 0.3 is 12.1 Å². The van der Waals surface area contributed by atoms with Gasteiger partial charge in [-0.2, -0.15) is 0 Å². The zero-order valence-electron chi connectivity index (χ0n) is 17.5. The van der Waals surface area contributed by atoms with E-state index in [9.17, 15) is 24.0 Å². The van der Waals surface area contributed by atoms with Crippen LogP contribution in [-0.2, 0) is 14.4 Å². The van der Waals surface area contributed by atoms with Gasteiger partial charge in [0.2, 0.25) is 11.8 Å². The molecule has 164 valence electrons. The second-order valence-corrected chi connectivity index (χ2v) is 9.30. The smallest absolute Gasteiger partial charge is 0.323 e. The van der Waals surface area contributed by atoms with E-state index < -0.39 is 29.6 Å². The number of likely N-dealkylation sites (N-methyl/N-ethyl adjacent to an activating group) is 1. The quantitative estimate of drug-likeness (QED) is 0.514. The van der Waals surface area contributed by atoms with Gasteiger partial charge in [-0.05, 0) is 50.4 Å². The molecule has 1 atom stereocenters. The lowest BCUT2D eigenvalue weighted by atomic mass is 9.51. The van der Waals surface area contributed by atoms with E-state index in [4.69, 9.17) is 5.73 Å². The van der Waals surface area contributed by atoms with Crippen LogP contribution < -0.4 is 11.1 Å². The Morgan fingerprint density at radius 1 is 1.10 bits per heavy atom. The maximum atomic E-state index is 13.0. The molecule has 0 bridgehead atoms. The highest BCUT2D eigenvalue weighted by atomic mass is 16.2. The van der Waals surface area contributed by atoms with Gasteiger partial charge in [0.15, 0.2) is 0 Å². The number of carbonyl (C=O) groups is 5. The van der Waals surface area contributed by atoms with E-state index in [1.807, 2.05) is 6.92 Å². The molecule has 2 aliphatic heterocycles. The lowest BCUT2D eigenvalue weighted by Crippen LogP contribution is -2.65. The molecule has 0 aromatic rings. The number of imide groups is 3. The van der Waals surface area contributed by atoms with Crippen LogP contribution in [0.2, 0.25) is 0 Å². The largest absolute Gasteiger partial charge is 0.335 e. The highest BCUT2D eigenvalue weighted by Crippen LogP contribution is 2.58. The van der Waals surface area contributed by atoms with Crippen molar-refractivity contribution in [2.45, 2.75) is 82.5 Å². The normalized spacial score (nSPS) is 35.4. The predicted molar refractivity (Wildman–Crippen MR) is 105 cm³/mol. The number of nitrogens with zero attached hydrogens (tertiary/aromatic N) is 3. The van der Waals surface area contributed by atoms with Crippen LogP contribution in [-0.4, -0.2) is 69.3 Å². The van der Waals surface area contributed by atoms with E-state index in [1.165, 1.54) is 11.9 Å².